The molecule has 0 aliphatic carbocycles. The normalized spacial score (nSPS) is 12.7. The van der Waals surface area contributed by atoms with Gasteiger partial charge in [0.1, 0.15) is 5.75 Å². The Morgan fingerprint density at radius 2 is 1.54 bits per heavy atom. The minimum atomic E-state index is -0.00950. The van der Waals surface area contributed by atoms with Crippen LogP contribution in [0.1, 0.15) is 95.1 Å². The molecule has 1 amide bonds. The second kappa shape index (κ2) is 18.0. The van der Waals surface area contributed by atoms with E-state index in [4.69, 9.17) is 4.74 Å². The lowest BCUT2D eigenvalue weighted by atomic mass is 10.1. The molecule has 2 aromatic rings. The molecular weight excluding hydrogens is 476 g/mol. The number of hydrogen-bond acceptors (Lipinski definition) is 4. The van der Waals surface area contributed by atoms with Crippen LogP contribution in [0.5, 0.6) is 5.75 Å². The first-order valence-corrected chi connectivity index (χ1v) is 15.4. The van der Waals surface area contributed by atoms with Crippen molar-refractivity contribution in [2.24, 2.45) is 0 Å². The third-order valence-corrected chi connectivity index (χ3v) is 7.56. The molecule has 0 spiro atoms. The van der Waals surface area contributed by atoms with Crippen molar-refractivity contribution in [2.75, 3.05) is 17.8 Å². The average Bonchev–Trinajstić information content (AvgIpc) is 3.41. The van der Waals surface area contributed by atoms with Gasteiger partial charge in [0.25, 0.3) is 0 Å². The van der Waals surface area contributed by atoms with Crippen LogP contribution in [0.4, 0.5) is 5.69 Å². The Kier molecular flexibility index (Phi) is 14.1. The molecule has 202 valence electrons. The van der Waals surface area contributed by atoms with Crippen molar-refractivity contribution >= 4 is 23.4 Å². The highest BCUT2D eigenvalue weighted by atomic mass is 32.2. The van der Waals surface area contributed by atoms with Crippen molar-refractivity contribution in [1.29, 1.82) is 0 Å². The molecule has 1 heterocycles. The summed E-state index contributed by atoms with van der Waals surface area (Å²) in [5, 5.41) is 5.13. The average molecular weight is 523 g/mol. The fraction of sp³-hybridized carbons (Fsp3) is 0.531. The molecule has 2 aromatic carbocycles. The zero-order valence-electron chi connectivity index (χ0n) is 22.8. The highest BCUT2D eigenvalue weighted by molar-refractivity contribution is 8.02. The van der Waals surface area contributed by atoms with Crippen molar-refractivity contribution in [1.82, 2.24) is 4.90 Å². The third kappa shape index (κ3) is 12.6. The zero-order chi connectivity index (χ0) is 26.0. The van der Waals surface area contributed by atoms with Gasteiger partial charge in [0.2, 0.25) is 5.91 Å². The van der Waals surface area contributed by atoms with E-state index in [1.54, 1.807) is 11.8 Å². The van der Waals surface area contributed by atoms with Crippen LogP contribution in [0.2, 0.25) is 0 Å². The summed E-state index contributed by atoms with van der Waals surface area (Å²) < 4.78 is 5.96. The van der Waals surface area contributed by atoms with E-state index in [2.05, 4.69) is 40.9 Å². The first kappa shape index (κ1) is 29.2. The first-order chi connectivity index (χ1) is 18.2. The molecule has 0 aromatic heterocycles. The molecule has 1 N–H and O–H groups in total. The number of hydrogen-bond donors (Lipinski definition) is 1. The molecule has 1 aliphatic rings. The number of benzene rings is 2. The number of carbonyl (C=O) groups excluding carboxylic acids is 1. The van der Waals surface area contributed by atoms with E-state index in [-0.39, 0.29) is 5.91 Å². The molecule has 0 unspecified atom stereocenters. The molecule has 0 fully saturated rings. The number of carbonyl (C=O) groups is 1. The maximum Gasteiger partial charge on any atom is 0.228 e. The van der Waals surface area contributed by atoms with Crippen molar-refractivity contribution in [3.05, 3.63) is 71.3 Å². The van der Waals surface area contributed by atoms with Gasteiger partial charge in [0, 0.05) is 18.4 Å². The summed E-state index contributed by atoms with van der Waals surface area (Å²) in [6, 6.07) is 16.1. The molecule has 3 rings (SSSR count). The number of thioether (sulfide) groups is 1. The molecule has 4 nitrogen and oxygen atoms in total. The Bertz CT molecular complexity index is 929. The lowest BCUT2D eigenvalue weighted by Crippen LogP contribution is -2.15. The number of nitrogens with one attached hydrogen (secondary N) is 1. The minimum absolute atomic E-state index is 0.00950. The van der Waals surface area contributed by atoms with Crippen LogP contribution in [-0.2, 0) is 17.8 Å². The van der Waals surface area contributed by atoms with Gasteiger partial charge in [-0.25, -0.2) is 0 Å². The first-order valence-electron chi connectivity index (χ1n) is 14.4. The monoisotopic (exact) mass is 522 g/mol. The lowest BCUT2D eigenvalue weighted by molar-refractivity contribution is -0.115. The quantitative estimate of drug-likeness (QED) is 0.187. The molecule has 1 aliphatic heterocycles. The molecular formula is C32H46N2O2S. The third-order valence-electron chi connectivity index (χ3n) is 6.76. The second-order valence-electron chi connectivity index (χ2n) is 10.1. The van der Waals surface area contributed by atoms with Gasteiger partial charge in [0.05, 0.1) is 18.9 Å². The van der Waals surface area contributed by atoms with Crippen LogP contribution in [0.15, 0.2) is 60.1 Å². The molecule has 37 heavy (non-hydrogen) atoms. The van der Waals surface area contributed by atoms with Crippen LogP contribution in [0, 0.1) is 0 Å². The van der Waals surface area contributed by atoms with E-state index in [1.807, 2.05) is 36.4 Å². The van der Waals surface area contributed by atoms with Crippen LogP contribution in [0.3, 0.4) is 0 Å². The fourth-order valence-corrected chi connectivity index (χ4v) is 5.32. The fourth-order valence-electron chi connectivity index (χ4n) is 4.61. The smallest absolute Gasteiger partial charge is 0.228 e. The molecule has 0 saturated heterocycles. The Balaban J connectivity index is 1.25. The van der Waals surface area contributed by atoms with E-state index in [9.17, 15) is 4.79 Å². The zero-order valence-corrected chi connectivity index (χ0v) is 23.6. The van der Waals surface area contributed by atoms with Crippen molar-refractivity contribution in [2.45, 2.75) is 96.9 Å². The molecule has 0 saturated carbocycles. The predicted molar refractivity (Wildman–Crippen MR) is 159 cm³/mol. The van der Waals surface area contributed by atoms with Crippen LogP contribution in [-0.4, -0.2) is 23.3 Å². The maximum atomic E-state index is 12.6. The van der Waals surface area contributed by atoms with Gasteiger partial charge in [-0.05, 0) is 47.2 Å². The van der Waals surface area contributed by atoms with Gasteiger partial charge in [-0.3, -0.25) is 4.79 Å². The number of rotatable bonds is 19. The van der Waals surface area contributed by atoms with E-state index in [0.717, 1.165) is 42.4 Å². The van der Waals surface area contributed by atoms with E-state index >= 15 is 0 Å². The highest BCUT2D eigenvalue weighted by Gasteiger charge is 2.08. The summed E-state index contributed by atoms with van der Waals surface area (Å²) in [6.07, 6.45) is 18.6. The summed E-state index contributed by atoms with van der Waals surface area (Å²) >= 11 is 1.81. The van der Waals surface area contributed by atoms with Gasteiger partial charge < -0.3 is 15.0 Å². The summed E-state index contributed by atoms with van der Waals surface area (Å²) in [4.78, 5) is 14.8. The summed E-state index contributed by atoms with van der Waals surface area (Å²) in [7, 11) is 0. The number of ether oxygens (including phenoxy) is 1. The van der Waals surface area contributed by atoms with Crippen molar-refractivity contribution in [3.63, 3.8) is 0 Å². The number of amides is 1. The van der Waals surface area contributed by atoms with Crippen LogP contribution in [0.25, 0.3) is 0 Å². The SMILES string of the molecule is CCCCCCCCCCCCCCOc1cccc(CC(=O)Nc2ccc(CN3C=CSC3)cc2)c1. The van der Waals surface area contributed by atoms with Crippen LogP contribution < -0.4 is 10.1 Å². The van der Waals surface area contributed by atoms with Crippen LogP contribution >= 0.6 is 11.8 Å². The Morgan fingerprint density at radius 3 is 2.19 bits per heavy atom. The second-order valence-corrected chi connectivity index (χ2v) is 11.0. The number of nitrogens with zero attached hydrogens (tertiary/aromatic N) is 1. The van der Waals surface area contributed by atoms with Crippen molar-refractivity contribution < 1.29 is 9.53 Å². The lowest BCUT2D eigenvalue weighted by Gasteiger charge is -2.14. The molecule has 0 radical (unpaired) electrons. The van der Waals surface area contributed by atoms with Crippen molar-refractivity contribution in [3.8, 4) is 5.75 Å². The summed E-state index contributed by atoms with van der Waals surface area (Å²) in [5.74, 6) is 1.84. The number of unbranched alkanes of at least 4 members (excludes halogenated alkanes) is 11. The topological polar surface area (TPSA) is 41.6 Å². The number of anilines is 1. The summed E-state index contributed by atoms with van der Waals surface area (Å²) in [5.41, 5.74) is 3.04. The van der Waals surface area contributed by atoms with E-state index in [0.29, 0.717) is 6.42 Å². The van der Waals surface area contributed by atoms with Gasteiger partial charge >= 0.3 is 0 Å². The Labute approximate surface area is 229 Å². The standard InChI is InChI=1S/C32H46N2O2S/c1-2-3-4-5-6-7-8-9-10-11-12-13-22-36-31-16-14-15-29(24-31)25-32(35)33-30-19-17-28(18-20-30)26-34-21-23-37-27-34/h14-21,23-24H,2-13,22,25-27H2,1H3,(H,33,35). The molecule has 0 bridgehead atoms. The van der Waals surface area contributed by atoms with E-state index < -0.39 is 0 Å². The highest BCUT2D eigenvalue weighted by Crippen LogP contribution is 2.20. The predicted octanol–water partition coefficient (Wildman–Crippen LogP) is 8.93. The largest absolute Gasteiger partial charge is 0.494 e. The molecule has 0 atom stereocenters. The minimum Gasteiger partial charge on any atom is -0.494 e. The maximum absolute atomic E-state index is 12.6. The Morgan fingerprint density at radius 1 is 0.865 bits per heavy atom. The molecule has 5 heteroatoms. The van der Waals surface area contributed by atoms with Gasteiger partial charge in [-0.1, -0.05) is 102 Å². The van der Waals surface area contributed by atoms with Gasteiger partial charge in [0.15, 0.2) is 0 Å². The van der Waals surface area contributed by atoms with E-state index in [1.165, 1.54) is 76.2 Å². The Hall–Kier alpha value is -2.40. The van der Waals surface area contributed by atoms with Gasteiger partial charge in [-0.2, -0.15) is 0 Å². The van der Waals surface area contributed by atoms with Gasteiger partial charge in [-0.15, -0.1) is 11.8 Å². The summed E-state index contributed by atoms with van der Waals surface area (Å²) in [6.45, 7) is 3.91.